The van der Waals surface area contributed by atoms with Gasteiger partial charge < -0.3 is 14.2 Å². The minimum absolute atomic E-state index is 0.0380. The molecular formula is C19H23NO6S. The van der Waals surface area contributed by atoms with Crippen LogP contribution >= 0.6 is 0 Å². The van der Waals surface area contributed by atoms with Crippen LogP contribution in [0.1, 0.15) is 12.5 Å². The molecule has 0 aromatic heterocycles. The summed E-state index contributed by atoms with van der Waals surface area (Å²) in [4.78, 5) is 12.0. The third-order valence-electron chi connectivity index (χ3n) is 3.89. The maximum atomic E-state index is 13.3. The van der Waals surface area contributed by atoms with E-state index in [1.165, 1.54) is 26.4 Å². The normalized spacial score (nSPS) is 11.0. The molecule has 0 radical (unpaired) electrons. The van der Waals surface area contributed by atoms with Crippen LogP contribution in [0.4, 0.5) is 5.69 Å². The Labute approximate surface area is 159 Å². The molecule has 7 nitrogen and oxygen atoms in total. The van der Waals surface area contributed by atoms with Gasteiger partial charge in [0.15, 0.2) is 0 Å². The number of rotatable bonds is 8. The smallest absolute Gasteiger partial charge is 0.326 e. The second-order valence-corrected chi connectivity index (χ2v) is 7.48. The van der Waals surface area contributed by atoms with Crippen molar-refractivity contribution in [2.45, 2.75) is 18.7 Å². The van der Waals surface area contributed by atoms with Gasteiger partial charge in [0.05, 0.1) is 31.4 Å². The van der Waals surface area contributed by atoms with Gasteiger partial charge in [-0.25, -0.2) is 8.42 Å². The molecule has 0 spiro atoms. The summed E-state index contributed by atoms with van der Waals surface area (Å²) in [6, 6.07) is 11.2. The fourth-order valence-electron chi connectivity index (χ4n) is 2.56. The lowest BCUT2D eigenvalue weighted by Gasteiger charge is -2.25. The van der Waals surface area contributed by atoms with Gasteiger partial charge in [0.25, 0.3) is 10.0 Å². The molecule has 2 aromatic rings. The molecule has 0 saturated heterocycles. The van der Waals surface area contributed by atoms with Gasteiger partial charge in [0.2, 0.25) is 0 Å². The van der Waals surface area contributed by atoms with Gasteiger partial charge in [-0.15, -0.1) is 0 Å². The lowest BCUT2D eigenvalue weighted by molar-refractivity contribution is -0.138. The number of carbonyl (C=O) groups is 1. The monoisotopic (exact) mass is 393 g/mol. The molecule has 2 aromatic carbocycles. The van der Waals surface area contributed by atoms with Gasteiger partial charge in [-0.1, -0.05) is 12.1 Å². The van der Waals surface area contributed by atoms with Crippen molar-refractivity contribution < 1.29 is 27.4 Å². The zero-order chi connectivity index (χ0) is 20.0. The number of carbonyl (C=O) groups excluding carboxylic acids is 1. The van der Waals surface area contributed by atoms with Gasteiger partial charge in [-0.3, -0.25) is 9.10 Å². The number of ether oxygens (including phenoxy) is 3. The molecule has 0 aliphatic carbocycles. The summed E-state index contributed by atoms with van der Waals surface area (Å²) >= 11 is 0. The van der Waals surface area contributed by atoms with Crippen molar-refractivity contribution in [2.75, 3.05) is 31.7 Å². The van der Waals surface area contributed by atoms with E-state index >= 15 is 0 Å². The second kappa shape index (κ2) is 8.77. The summed E-state index contributed by atoms with van der Waals surface area (Å²) in [6.45, 7) is 3.41. The van der Waals surface area contributed by atoms with Crippen molar-refractivity contribution >= 4 is 21.7 Å². The molecule has 0 heterocycles. The Bertz CT molecular complexity index is 910. The highest BCUT2D eigenvalue weighted by Gasteiger charge is 2.30. The van der Waals surface area contributed by atoms with Crippen LogP contribution in [0.3, 0.4) is 0 Å². The molecular weight excluding hydrogens is 370 g/mol. The molecule has 0 bridgehead atoms. The van der Waals surface area contributed by atoms with Crippen LogP contribution in [0, 0.1) is 6.92 Å². The Hall–Kier alpha value is -2.74. The number of sulfonamides is 1. The third-order valence-corrected chi connectivity index (χ3v) is 5.64. The topological polar surface area (TPSA) is 82.1 Å². The summed E-state index contributed by atoms with van der Waals surface area (Å²) in [7, 11) is -1.33. The number of methoxy groups -OCH3 is 2. The first-order valence-corrected chi connectivity index (χ1v) is 9.75. The molecule has 0 aliphatic heterocycles. The Morgan fingerprint density at radius 3 is 2.37 bits per heavy atom. The molecule has 2 rings (SSSR count). The summed E-state index contributed by atoms with van der Waals surface area (Å²) in [5.74, 6) is 0.246. The summed E-state index contributed by atoms with van der Waals surface area (Å²) in [6.07, 6.45) is 0. The number of aryl methyl sites for hydroxylation is 1. The fourth-order valence-corrected chi connectivity index (χ4v) is 4.07. The number of nitrogens with zero attached hydrogens (tertiary/aromatic N) is 1. The number of hydrogen-bond donors (Lipinski definition) is 0. The number of para-hydroxylation sites is 2. The first kappa shape index (κ1) is 20.6. The van der Waals surface area contributed by atoms with Crippen LogP contribution in [-0.4, -0.2) is 41.8 Å². The predicted molar refractivity (Wildman–Crippen MR) is 102 cm³/mol. The van der Waals surface area contributed by atoms with E-state index < -0.39 is 22.5 Å². The largest absolute Gasteiger partial charge is 0.496 e. The minimum Gasteiger partial charge on any atom is -0.496 e. The zero-order valence-corrected chi connectivity index (χ0v) is 16.6. The summed E-state index contributed by atoms with van der Waals surface area (Å²) in [5.41, 5.74) is 0.924. The molecule has 0 unspecified atom stereocenters. The van der Waals surface area contributed by atoms with Crippen molar-refractivity contribution in [2.24, 2.45) is 0 Å². The SMILES string of the molecule is CCOc1ccccc1N(CC(=O)OC)S(=O)(=O)c1ccc(OC)c(C)c1. The lowest BCUT2D eigenvalue weighted by Crippen LogP contribution is -2.36. The van der Waals surface area contributed by atoms with Crippen molar-refractivity contribution in [3.63, 3.8) is 0 Å². The lowest BCUT2D eigenvalue weighted by atomic mass is 10.2. The Balaban J connectivity index is 2.60. The molecule has 0 aliphatic rings. The highest BCUT2D eigenvalue weighted by atomic mass is 32.2. The number of esters is 1. The molecule has 146 valence electrons. The Morgan fingerprint density at radius 2 is 1.78 bits per heavy atom. The van der Waals surface area contributed by atoms with Crippen LogP contribution in [0.15, 0.2) is 47.4 Å². The average molecular weight is 393 g/mol. The van der Waals surface area contributed by atoms with E-state index in [4.69, 9.17) is 9.47 Å². The van der Waals surface area contributed by atoms with Crippen molar-refractivity contribution in [3.8, 4) is 11.5 Å². The highest BCUT2D eigenvalue weighted by molar-refractivity contribution is 7.92. The van der Waals surface area contributed by atoms with Crippen LogP contribution < -0.4 is 13.8 Å². The summed E-state index contributed by atoms with van der Waals surface area (Å²) < 4.78 is 43.0. The third kappa shape index (κ3) is 4.51. The van der Waals surface area contributed by atoms with E-state index in [0.29, 0.717) is 23.7 Å². The minimum atomic E-state index is -4.05. The van der Waals surface area contributed by atoms with Gasteiger partial charge in [0, 0.05) is 0 Å². The number of anilines is 1. The molecule has 0 N–H and O–H groups in total. The first-order valence-electron chi connectivity index (χ1n) is 8.31. The Morgan fingerprint density at radius 1 is 1.07 bits per heavy atom. The van der Waals surface area contributed by atoms with E-state index in [1.54, 1.807) is 44.2 Å². The number of benzene rings is 2. The predicted octanol–water partition coefficient (Wildman–Crippen LogP) is 2.77. The molecule has 0 amide bonds. The van der Waals surface area contributed by atoms with Gasteiger partial charge in [-0.05, 0) is 49.7 Å². The quantitative estimate of drug-likeness (QED) is 0.642. The maximum Gasteiger partial charge on any atom is 0.326 e. The van der Waals surface area contributed by atoms with Crippen LogP contribution in [0.25, 0.3) is 0 Å². The molecule has 27 heavy (non-hydrogen) atoms. The van der Waals surface area contributed by atoms with E-state index in [9.17, 15) is 13.2 Å². The van der Waals surface area contributed by atoms with Crippen LogP contribution in [0.2, 0.25) is 0 Å². The van der Waals surface area contributed by atoms with E-state index in [-0.39, 0.29) is 10.6 Å². The Kier molecular flexibility index (Phi) is 6.68. The molecule has 0 saturated carbocycles. The highest BCUT2D eigenvalue weighted by Crippen LogP contribution is 2.33. The van der Waals surface area contributed by atoms with Gasteiger partial charge in [0.1, 0.15) is 18.0 Å². The van der Waals surface area contributed by atoms with E-state index in [0.717, 1.165) is 4.31 Å². The van der Waals surface area contributed by atoms with Gasteiger partial charge in [-0.2, -0.15) is 0 Å². The van der Waals surface area contributed by atoms with Crippen molar-refractivity contribution in [1.29, 1.82) is 0 Å². The van der Waals surface area contributed by atoms with E-state index in [1.807, 2.05) is 0 Å². The van der Waals surface area contributed by atoms with Gasteiger partial charge >= 0.3 is 5.97 Å². The molecule has 8 heteroatoms. The fraction of sp³-hybridized carbons (Fsp3) is 0.316. The zero-order valence-electron chi connectivity index (χ0n) is 15.8. The maximum absolute atomic E-state index is 13.3. The standard InChI is InChI=1S/C19H23NO6S/c1-5-26-18-9-7-6-8-16(18)20(13-19(21)25-4)27(22,23)15-10-11-17(24-3)14(2)12-15/h6-12H,5,13H2,1-4H3. The van der Waals surface area contributed by atoms with Crippen LogP contribution in [0.5, 0.6) is 11.5 Å². The van der Waals surface area contributed by atoms with Crippen LogP contribution in [-0.2, 0) is 19.6 Å². The van der Waals surface area contributed by atoms with Crippen molar-refractivity contribution in [3.05, 3.63) is 48.0 Å². The average Bonchev–Trinajstić information content (AvgIpc) is 2.66. The summed E-state index contributed by atoms with van der Waals surface area (Å²) in [5, 5.41) is 0. The number of hydrogen-bond acceptors (Lipinski definition) is 6. The van der Waals surface area contributed by atoms with E-state index in [2.05, 4.69) is 4.74 Å². The molecule has 0 fully saturated rings. The first-order chi connectivity index (χ1) is 12.8. The van der Waals surface area contributed by atoms with Crippen molar-refractivity contribution in [1.82, 2.24) is 0 Å². The second-order valence-electron chi connectivity index (χ2n) is 5.62. The molecule has 0 atom stereocenters.